The highest BCUT2D eigenvalue weighted by atomic mass is 16.3. The van der Waals surface area contributed by atoms with Gasteiger partial charge in [-0.25, -0.2) is 0 Å². The van der Waals surface area contributed by atoms with Gasteiger partial charge >= 0.3 is 0 Å². The van der Waals surface area contributed by atoms with E-state index in [4.69, 9.17) is 10.7 Å². The number of phenols is 1. The second-order valence-corrected chi connectivity index (χ2v) is 13.3. The van der Waals surface area contributed by atoms with Crippen molar-refractivity contribution in [2.75, 3.05) is 14.1 Å². The van der Waals surface area contributed by atoms with E-state index in [-0.39, 0.29) is 29.7 Å². The summed E-state index contributed by atoms with van der Waals surface area (Å²) in [4.78, 5) is 46.1. The number of carbonyl (C=O) groups excluding carboxylic acids is 3. The molecule has 228 valence electrons. The molecule has 1 amide bonds. The second-order valence-electron chi connectivity index (χ2n) is 13.3. The van der Waals surface area contributed by atoms with Crippen LogP contribution in [-0.2, 0) is 26.2 Å². The van der Waals surface area contributed by atoms with Crippen molar-refractivity contribution in [3.05, 3.63) is 76.2 Å². The molecule has 10 heteroatoms. The van der Waals surface area contributed by atoms with E-state index in [1.165, 1.54) is 4.90 Å². The number of benzene rings is 2. The molecule has 3 aliphatic rings. The van der Waals surface area contributed by atoms with Crippen LogP contribution in [0.4, 0.5) is 0 Å². The van der Waals surface area contributed by atoms with E-state index < -0.39 is 63.5 Å². The molecule has 1 fully saturated rings. The van der Waals surface area contributed by atoms with Crippen LogP contribution in [0, 0.1) is 11.8 Å². The van der Waals surface area contributed by atoms with E-state index in [0.717, 1.165) is 10.8 Å². The summed E-state index contributed by atoms with van der Waals surface area (Å²) < 4.78 is 0. The fourth-order valence-electron chi connectivity index (χ4n) is 7.34. The Morgan fingerprint density at radius 1 is 1.07 bits per heavy atom. The van der Waals surface area contributed by atoms with Crippen molar-refractivity contribution < 1.29 is 34.8 Å². The predicted molar refractivity (Wildman–Crippen MR) is 164 cm³/mol. The Kier molecular flexibility index (Phi) is 6.53. The number of amides is 1. The Balaban J connectivity index is 1.63. The lowest BCUT2D eigenvalue weighted by Gasteiger charge is -2.50. The quantitative estimate of drug-likeness (QED) is 0.283. The van der Waals surface area contributed by atoms with Gasteiger partial charge in [0.05, 0.1) is 17.3 Å². The first-order chi connectivity index (χ1) is 20.6. The SMILES string of the molecule is CN(C)C1C(=O)C(C(N)=O)=C(O)[C@@]2(O)C(=O)C3=C(O)c4c(O)c(C(C)(C)C)cc(-c5cc6ccccc6cn5)c4C[C@H]3C[C@@H]12. The van der Waals surface area contributed by atoms with Gasteiger partial charge in [-0.3, -0.25) is 24.3 Å². The number of aromatic nitrogens is 1. The Morgan fingerprint density at radius 2 is 1.73 bits per heavy atom. The van der Waals surface area contributed by atoms with E-state index in [0.29, 0.717) is 22.4 Å². The number of hydrogen-bond donors (Lipinski definition) is 5. The predicted octanol–water partition coefficient (Wildman–Crippen LogP) is 3.48. The van der Waals surface area contributed by atoms with E-state index in [2.05, 4.69) is 0 Å². The number of nitrogens with zero attached hydrogens (tertiary/aromatic N) is 2. The number of rotatable bonds is 3. The third kappa shape index (κ3) is 4.01. The van der Waals surface area contributed by atoms with E-state index in [1.54, 1.807) is 20.3 Å². The molecule has 0 radical (unpaired) electrons. The zero-order valence-corrected chi connectivity index (χ0v) is 25.2. The van der Waals surface area contributed by atoms with Crippen molar-refractivity contribution in [2.45, 2.75) is 50.7 Å². The molecule has 6 N–H and O–H groups in total. The molecular weight excluding hydrogens is 562 g/mol. The zero-order valence-electron chi connectivity index (χ0n) is 25.2. The number of aromatic hydroxyl groups is 1. The van der Waals surface area contributed by atoms with Crippen molar-refractivity contribution >= 4 is 34.0 Å². The number of likely N-dealkylation sites (N-methyl/N-ethyl adjacent to an activating group) is 1. The summed E-state index contributed by atoms with van der Waals surface area (Å²) in [5.41, 5.74) is 3.57. The summed E-state index contributed by atoms with van der Waals surface area (Å²) in [6.45, 7) is 5.74. The lowest BCUT2D eigenvalue weighted by Crippen LogP contribution is -2.65. The van der Waals surface area contributed by atoms with Crippen molar-refractivity contribution in [3.63, 3.8) is 0 Å². The van der Waals surface area contributed by atoms with Crippen LogP contribution in [0.25, 0.3) is 27.8 Å². The summed E-state index contributed by atoms with van der Waals surface area (Å²) in [6, 6.07) is 10.4. The fraction of sp³-hybridized carbons (Fsp3) is 0.353. The molecule has 6 rings (SSSR count). The minimum absolute atomic E-state index is 0.0120. The Hall–Kier alpha value is -4.54. The minimum atomic E-state index is -2.69. The maximum Gasteiger partial charge on any atom is 0.255 e. The van der Waals surface area contributed by atoms with Crippen LogP contribution in [0.1, 0.15) is 43.9 Å². The summed E-state index contributed by atoms with van der Waals surface area (Å²) in [5.74, 6) is -6.76. The van der Waals surface area contributed by atoms with Gasteiger partial charge in [-0.1, -0.05) is 45.0 Å². The molecule has 0 spiro atoms. The summed E-state index contributed by atoms with van der Waals surface area (Å²) >= 11 is 0. The summed E-state index contributed by atoms with van der Waals surface area (Å²) in [7, 11) is 3.14. The molecule has 2 aromatic carbocycles. The smallest absolute Gasteiger partial charge is 0.255 e. The highest BCUT2D eigenvalue weighted by molar-refractivity contribution is 6.24. The molecular formula is C34H35N3O7. The highest BCUT2D eigenvalue weighted by Gasteiger charge is 2.64. The summed E-state index contributed by atoms with van der Waals surface area (Å²) in [6.07, 6.45) is 1.95. The van der Waals surface area contributed by atoms with E-state index in [9.17, 15) is 34.8 Å². The first-order valence-electron chi connectivity index (χ1n) is 14.5. The Labute approximate surface area is 254 Å². The molecule has 0 saturated heterocycles. The molecule has 0 bridgehead atoms. The van der Waals surface area contributed by atoms with Crippen molar-refractivity contribution in [2.24, 2.45) is 17.6 Å². The van der Waals surface area contributed by atoms with Crippen LogP contribution >= 0.6 is 0 Å². The first-order valence-corrected chi connectivity index (χ1v) is 14.5. The number of aliphatic hydroxyl groups excluding tert-OH is 2. The average molecular weight is 598 g/mol. The van der Waals surface area contributed by atoms with Crippen molar-refractivity contribution in [3.8, 4) is 17.0 Å². The number of primary amides is 1. The number of ketones is 2. The van der Waals surface area contributed by atoms with Crippen molar-refractivity contribution in [1.82, 2.24) is 9.88 Å². The molecule has 0 aliphatic heterocycles. The van der Waals surface area contributed by atoms with E-state index in [1.807, 2.05) is 57.2 Å². The van der Waals surface area contributed by atoms with Crippen LogP contribution in [0.3, 0.4) is 0 Å². The monoisotopic (exact) mass is 597 g/mol. The maximum absolute atomic E-state index is 14.2. The molecule has 1 saturated carbocycles. The van der Waals surface area contributed by atoms with Crippen LogP contribution in [0.5, 0.6) is 5.75 Å². The van der Waals surface area contributed by atoms with Gasteiger partial charge in [0.25, 0.3) is 5.91 Å². The van der Waals surface area contributed by atoms with Crippen LogP contribution in [0.2, 0.25) is 0 Å². The number of fused-ring (bicyclic) bond motifs is 4. The third-order valence-corrected chi connectivity index (χ3v) is 9.44. The number of nitrogens with two attached hydrogens (primary N) is 1. The van der Waals surface area contributed by atoms with Gasteiger partial charge in [0, 0.05) is 34.2 Å². The number of Topliss-reactive ketones (excluding diaryl/α,β-unsaturated/α-hetero) is 2. The topological polar surface area (TPSA) is 174 Å². The molecule has 1 unspecified atom stereocenters. The molecule has 3 aliphatic carbocycles. The Bertz CT molecular complexity index is 1870. The molecule has 1 heterocycles. The van der Waals surface area contributed by atoms with Gasteiger partial charge in [-0.15, -0.1) is 0 Å². The second kappa shape index (κ2) is 9.73. The lowest BCUT2D eigenvalue weighted by molar-refractivity contribution is -0.153. The molecule has 44 heavy (non-hydrogen) atoms. The average Bonchev–Trinajstić information content (AvgIpc) is 2.94. The molecule has 1 aromatic heterocycles. The number of phenolic OH excluding ortho intramolecular Hbond substituents is 1. The van der Waals surface area contributed by atoms with Gasteiger partial charge in [0.2, 0.25) is 5.78 Å². The maximum atomic E-state index is 14.2. The highest BCUT2D eigenvalue weighted by Crippen LogP contribution is 2.54. The Morgan fingerprint density at radius 3 is 2.34 bits per heavy atom. The van der Waals surface area contributed by atoms with Crippen LogP contribution in [0.15, 0.2) is 59.5 Å². The van der Waals surface area contributed by atoms with E-state index >= 15 is 0 Å². The number of carbonyl (C=O) groups is 3. The van der Waals surface area contributed by atoms with Gasteiger partial charge in [-0.2, -0.15) is 0 Å². The van der Waals surface area contributed by atoms with Gasteiger partial charge in [-0.05, 0) is 61.4 Å². The van der Waals surface area contributed by atoms with Gasteiger partial charge in [0.1, 0.15) is 22.8 Å². The van der Waals surface area contributed by atoms with Crippen LogP contribution < -0.4 is 5.73 Å². The first kappa shape index (κ1) is 29.5. The van der Waals surface area contributed by atoms with Gasteiger partial charge in [0.15, 0.2) is 11.4 Å². The zero-order chi connectivity index (χ0) is 32.0. The van der Waals surface area contributed by atoms with Crippen LogP contribution in [-0.4, -0.2) is 73.5 Å². The lowest BCUT2D eigenvalue weighted by atomic mass is 9.57. The molecule has 10 nitrogen and oxygen atoms in total. The molecule has 4 atom stereocenters. The normalized spacial score (nSPS) is 25.3. The minimum Gasteiger partial charge on any atom is -0.508 e. The van der Waals surface area contributed by atoms with Crippen molar-refractivity contribution in [1.29, 1.82) is 0 Å². The third-order valence-electron chi connectivity index (χ3n) is 9.44. The number of pyridine rings is 1. The number of aliphatic hydroxyl groups is 3. The standard InChI is InChI=1S/C34H35N3O7/c1-33(2,3)21-13-18(22-12-15-8-6-7-9-16(15)14-36-22)19-10-17-11-20-26(37(4)5)29(40)25(32(35)43)31(42)34(20,44)30(41)23(17)28(39)24(19)27(21)38/h6-9,12-14,17,20,26,38-39,42,44H,10-11H2,1-5H3,(H2,35,43)/t17-,20-,26?,34-/m0/s1. The summed E-state index contributed by atoms with van der Waals surface area (Å²) in [5, 5.41) is 48.4. The fourth-order valence-corrected chi connectivity index (χ4v) is 7.34. The van der Waals surface area contributed by atoms with Gasteiger partial charge < -0.3 is 26.2 Å². The molecule has 3 aromatic rings. The largest absolute Gasteiger partial charge is 0.508 e. The number of hydrogen-bond acceptors (Lipinski definition) is 9.